The fourth-order valence-electron chi connectivity index (χ4n) is 1.91. The standard InChI is InChI=1S/C14H23N3O/c1-4-17(5-2)12(3)11-15-14(18)16-13-9-7-6-8-10-13/h6-10,12H,4-5,11H2,1-3H3,(H2,15,16,18). The number of rotatable bonds is 6. The molecule has 2 amide bonds. The zero-order valence-electron chi connectivity index (χ0n) is 11.4. The molecule has 2 N–H and O–H groups in total. The molecule has 0 saturated heterocycles. The molecule has 1 unspecified atom stereocenters. The molecule has 100 valence electrons. The monoisotopic (exact) mass is 249 g/mol. The van der Waals surface area contributed by atoms with Gasteiger partial charge in [0.05, 0.1) is 0 Å². The molecule has 0 aliphatic heterocycles. The molecule has 0 heterocycles. The third-order valence-corrected chi connectivity index (χ3v) is 3.03. The second kappa shape index (κ2) is 7.71. The van der Waals surface area contributed by atoms with Crippen LogP contribution in [0.3, 0.4) is 0 Å². The molecule has 0 aliphatic carbocycles. The summed E-state index contributed by atoms with van der Waals surface area (Å²) in [5, 5.41) is 5.69. The van der Waals surface area contributed by atoms with Gasteiger partial charge in [-0.15, -0.1) is 0 Å². The molecule has 1 rings (SSSR count). The summed E-state index contributed by atoms with van der Waals surface area (Å²) in [6.45, 7) is 9.03. The maximum absolute atomic E-state index is 11.7. The summed E-state index contributed by atoms with van der Waals surface area (Å²) < 4.78 is 0. The molecule has 0 aliphatic rings. The van der Waals surface area contributed by atoms with E-state index >= 15 is 0 Å². The second-order valence-electron chi connectivity index (χ2n) is 4.27. The van der Waals surface area contributed by atoms with Gasteiger partial charge in [-0.2, -0.15) is 0 Å². The van der Waals surface area contributed by atoms with Crippen molar-refractivity contribution in [1.29, 1.82) is 0 Å². The van der Waals surface area contributed by atoms with Crippen LogP contribution in [0.4, 0.5) is 10.5 Å². The van der Waals surface area contributed by atoms with E-state index in [4.69, 9.17) is 0 Å². The fraction of sp³-hybridized carbons (Fsp3) is 0.500. The number of anilines is 1. The molecule has 4 nitrogen and oxygen atoms in total. The largest absolute Gasteiger partial charge is 0.336 e. The SMILES string of the molecule is CCN(CC)C(C)CNC(=O)Nc1ccccc1. The number of amides is 2. The van der Waals surface area contributed by atoms with Crippen molar-refractivity contribution in [3.63, 3.8) is 0 Å². The van der Waals surface area contributed by atoms with Crippen LogP contribution in [0.1, 0.15) is 20.8 Å². The summed E-state index contributed by atoms with van der Waals surface area (Å²) in [5.74, 6) is 0. The number of carbonyl (C=O) groups excluding carboxylic acids is 1. The van der Waals surface area contributed by atoms with E-state index in [0.717, 1.165) is 18.8 Å². The third-order valence-electron chi connectivity index (χ3n) is 3.03. The smallest absolute Gasteiger partial charge is 0.319 e. The topological polar surface area (TPSA) is 44.4 Å². The Balaban J connectivity index is 2.33. The van der Waals surface area contributed by atoms with E-state index in [1.54, 1.807) is 0 Å². The van der Waals surface area contributed by atoms with Crippen molar-refractivity contribution in [1.82, 2.24) is 10.2 Å². The molecule has 0 aromatic heterocycles. The maximum Gasteiger partial charge on any atom is 0.319 e. The number of likely N-dealkylation sites (N-methyl/N-ethyl adjacent to an activating group) is 1. The van der Waals surface area contributed by atoms with Crippen molar-refractivity contribution < 1.29 is 4.79 Å². The fourth-order valence-corrected chi connectivity index (χ4v) is 1.91. The van der Waals surface area contributed by atoms with E-state index in [-0.39, 0.29) is 6.03 Å². The molecular weight excluding hydrogens is 226 g/mol. The predicted octanol–water partition coefficient (Wildman–Crippen LogP) is 2.54. The average molecular weight is 249 g/mol. The number of urea groups is 1. The molecule has 0 fully saturated rings. The van der Waals surface area contributed by atoms with Crippen LogP contribution in [0.2, 0.25) is 0 Å². The Morgan fingerprint density at radius 1 is 1.22 bits per heavy atom. The summed E-state index contributed by atoms with van der Waals surface area (Å²) in [6, 6.07) is 9.65. The van der Waals surface area contributed by atoms with Gasteiger partial charge >= 0.3 is 6.03 Å². The normalized spacial score (nSPS) is 12.2. The van der Waals surface area contributed by atoms with Crippen molar-refractivity contribution in [2.24, 2.45) is 0 Å². The summed E-state index contributed by atoms with van der Waals surface area (Å²) >= 11 is 0. The number of hydrogen-bond acceptors (Lipinski definition) is 2. The van der Waals surface area contributed by atoms with Gasteiger partial charge in [-0.3, -0.25) is 4.90 Å². The first-order valence-corrected chi connectivity index (χ1v) is 6.51. The molecule has 1 aromatic carbocycles. The Morgan fingerprint density at radius 3 is 2.39 bits per heavy atom. The van der Waals surface area contributed by atoms with Crippen LogP contribution in [0, 0.1) is 0 Å². The van der Waals surface area contributed by atoms with Crippen LogP contribution in [-0.4, -0.2) is 36.6 Å². The lowest BCUT2D eigenvalue weighted by atomic mass is 10.3. The zero-order valence-corrected chi connectivity index (χ0v) is 11.4. The lowest BCUT2D eigenvalue weighted by molar-refractivity contribution is 0.220. The Morgan fingerprint density at radius 2 is 1.83 bits per heavy atom. The summed E-state index contributed by atoms with van der Waals surface area (Å²) in [7, 11) is 0. The van der Waals surface area contributed by atoms with Crippen molar-refractivity contribution in [2.75, 3.05) is 25.0 Å². The number of para-hydroxylation sites is 1. The number of nitrogens with zero attached hydrogens (tertiary/aromatic N) is 1. The van der Waals surface area contributed by atoms with Crippen LogP contribution >= 0.6 is 0 Å². The van der Waals surface area contributed by atoms with E-state index in [1.807, 2.05) is 30.3 Å². The van der Waals surface area contributed by atoms with Gasteiger partial charge in [-0.05, 0) is 32.1 Å². The van der Waals surface area contributed by atoms with Gasteiger partial charge in [0.25, 0.3) is 0 Å². The number of hydrogen-bond donors (Lipinski definition) is 2. The highest BCUT2D eigenvalue weighted by Gasteiger charge is 2.10. The van der Waals surface area contributed by atoms with Gasteiger partial charge < -0.3 is 10.6 Å². The van der Waals surface area contributed by atoms with Gasteiger partial charge in [0.15, 0.2) is 0 Å². The Labute approximate surface area is 109 Å². The minimum Gasteiger partial charge on any atom is -0.336 e. The average Bonchev–Trinajstić information content (AvgIpc) is 2.39. The van der Waals surface area contributed by atoms with Gasteiger partial charge in [0.1, 0.15) is 0 Å². The first-order chi connectivity index (χ1) is 8.67. The van der Waals surface area contributed by atoms with Crippen LogP contribution in [0.25, 0.3) is 0 Å². The van der Waals surface area contributed by atoms with Crippen molar-refractivity contribution in [3.05, 3.63) is 30.3 Å². The van der Waals surface area contributed by atoms with Crippen LogP contribution in [0.15, 0.2) is 30.3 Å². The molecule has 18 heavy (non-hydrogen) atoms. The highest BCUT2D eigenvalue weighted by Crippen LogP contribution is 2.04. The van der Waals surface area contributed by atoms with Crippen molar-refractivity contribution in [3.8, 4) is 0 Å². The minimum atomic E-state index is -0.153. The molecule has 0 saturated carbocycles. The van der Waals surface area contributed by atoms with Crippen molar-refractivity contribution in [2.45, 2.75) is 26.8 Å². The predicted molar refractivity (Wildman–Crippen MR) is 75.8 cm³/mol. The van der Waals surface area contributed by atoms with Gasteiger partial charge in [-0.25, -0.2) is 4.79 Å². The highest BCUT2D eigenvalue weighted by molar-refractivity contribution is 5.89. The second-order valence-corrected chi connectivity index (χ2v) is 4.27. The molecule has 0 spiro atoms. The summed E-state index contributed by atoms with van der Waals surface area (Å²) in [6.07, 6.45) is 0. The molecule has 1 aromatic rings. The zero-order chi connectivity index (χ0) is 13.4. The molecule has 4 heteroatoms. The Bertz CT molecular complexity index is 349. The maximum atomic E-state index is 11.7. The van der Waals surface area contributed by atoms with Crippen LogP contribution in [-0.2, 0) is 0 Å². The minimum absolute atomic E-state index is 0.153. The number of nitrogens with one attached hydrogen (secondary N) is 2. The van der Waals surface area contributed by atoms with E-state index in [9.17, 15) is 4.79 Å². The number of benzene rings is 1. The molecule has 1 atom stereocenters. The van der Waals surface area contributed by atoms with Gasteiger partial charge in [-0.1, -0.05) is 32.0 Å². The highest BCUT2D eigenvalue weighted by atomic mass is 16.2. The van der Waals surface area contributed by atoms with E-state index in [2.05, 4.69) is 36.3 Å². The van der Waals surface area contributed by atoms with Crippen LogP contribution < -0.4 is 10.6 Å². The summed E-state index contributed by atoms with van der Waals surface area (Å²) in [4.78, 5) is 14.0. The molecule has 0 bridgehead atoms. The van der Waals surface area contributed by atoms with Crippen LogP contribution in [0.5, 0.6) is 0 Å². The first kappa shape index (κ1) is 14.5. The van der Waals surface area contributed by atoms with Crippen molar-refractivity contribution >= 4 is 11.7 Å². The quantitative estimate of drug-likeness (QED) is 0.813. The van der Waals surface area contributed by atoms with Gasteiger partial charge in [0, 0.05) is 18.3 Å². The number of carbonyl (C=O) groups is 1. The molecular formula is C14H23N3O. The van der Waals surface area contributed by atoms with E-state index < -0.39 is 0 Å². The Kier molecular flexibility index (Phi) is 6.22. The van der Waals surface area contributed by atoms with E-state index in [0.29, 0.717) is 12.6 Å². The van der Waals surface area contributed by atoms with Gasteiger partial charge in [0.2, 0.25) is 0 Å². The lowest BCUT2D eigenvalue weighted by Gasteiger charge is -2.26. The first-order valence-electron chi connectivity index (χ1n) is 6.51. The third kappa shape index (κ3) is 4.75. The lowest BCUT2D eigenvalue weighted by Crippen LogP contribution is -2.43. The molecule has 0 radical (unpaired) electrons. The Hall–Kier alpha value is -1.55. The summed E-state index contributed by atoms with van der Waals surface area (Å²) in [5.41, 5.74) is 0.811. The van der Waals surface area contributed by atoms with E-state index in [1.165, 1.54) is 0 Å².